The van der Waals surface area contributed by atoms with Gasteiger partial charge in [-0.2, -0.15) is 0 Å². The van der Waals surface area contributed by atoms with Crippen LogP contribution in [0.25, 0.3) is 0 Å². The summed E-state index contributed by atoms with van der Waals surface area (Å²) in [4.78, 5) is 45.4. The smallest absolute Gasteiger partial charge is 0.274 e. The fraction of sp³-hybridized carbons (Fsp3) is 0.432. The molecule has 1 N–H and O–H groups in total. The normalized spacial score (nSPS) is 22.0. The van der Waals surface area contributed by atoms with Crippen molar-refractivity contribution in [3.8, 4) is 11.5 Å². The van der Waals surface area contributed by atoms with Gasteiger partial charge in [-0.15, -0.1) is 0 Å². The predicted octanol–water partition coefficient (Wildman–Crippen LogP) is 5.09. The molecule has 11 nitrogen and oxygen atoms in total. The number of nitrogens with zero attached hydrogens (tertiary/aromatic N) is 3. The molecule has 266 valence electrons. The molecule has 3 aromatic carbocycles. The molecule has 0 bridgehead atoms. The van der Waals surface area contributed by atoms with Gasteiger partial charge in [-0.25, -0.2) is 12.7 Å². The van der Waals surface area contributed by atoms with E-state index in [2.05, 4.69) is 17.3 Å². The number of methoxy groups -OCH3 is 1. The molecule has 2 saturated heterocycles. The average Bonchev–Trinajstić information content (AvgIpc) is 3.71. The lowest BCUT2D eigenvalue weighted by atomic mass is 9.76. The lowest BCUT2D eigenvalue weighted by Gasteiger charge is -2.27. The Labute approximate surface area is 298 Å². The first-order valence-electron chi connectivity index (χ1n) is 16.7. The third-order valence-electron chi connectivity index (χ3n) is 9.95. The van der Waals surface area contributed by atoms with Crippen LogP contribution < -0.4 is 19.1 Å². The van der Waals surface area contributed by atoms with Crippen LogP contribution in [0.4, 0.5) is 5.69 Å². The highest BCUT2D eigenvalue weighted by Gasteiger charge is 2.55. The Hall–Kier alpha value is -4.13. The standard InChI is InChI=1S/C37H43ClN4O7S/c1-8-49-25-11-13-29-27(19-25)37(5,26-17-23(9-12-28(26)38)34(44)41-20-24-15-16-40(6)30(24)21-41)35(45)42(29)50(46,47)32-14-10-22(18-31(32)48-7)33(43)39-36(2,3)4/h9-14,17-19,24,30H,8,15-16,20-21H2,1-7H3,(H,39,43). The number of benzene rings is 3. The van der Waals surface area contributed by atoms with Gasteiger partial charge >= 0.3 is 0 Å². The molecule has 0 saturated carbocycles. The summed E-state index contributed by atoms with van der Waals surface area (Å²) in [5.41, 5.74) is -0.863. The molecule has 3 aromatic rings. The molecule has 0 radical (unpaired) electrons. The highest BCUT2D eigenvalue weighted by atomic mass is 35.5. The molecule has 0 spiro atoms. The van der Waals surface area contributed by atoms with Gasteiger partial charge in [0.05, 0.1) is 19.4 Å². The second-order valence-electron chi connectivity index (χ2n) is 14.4. The van der Waals surface area contributed by atoms with E-state index in [4.69, 9.17) is 21.1 Å². The minimum Gasteiger partial charge on any atom is -0.495 e. The predicted molar refractivity (Wildman–Crippen MR) is 191 cm³/mol. The van der Waals surface area contributed by atoms with Crippen molar-refractivity contribution >= 4 is 45.0 Å². The Balaban J connectivity index is 1.43. The number of nitrogens with one attached hydrogen (secondary N) is 1. The van der Waals surface area contributed by atoms with Crippen molar-refractivity contribution in [2.75, 3.05) is 44.7 Å². The number of ether oxygens (including phenoxy) is 2. The summed E-state index contributed by atoms with van der Waals surface area (Å²) in [6, 6.07) is 13.9. The summed E-state index contributed by atoms with van der Waals surface area (Å²) in [6.45, 7) is 11.5. The maximum atomic E-state index is 14.8. The summed E-state index contributed by atoms with van der Waals surface area (Å²) >= 11 is 6.84. The lowest BCUT2D eigenvalue weighted by molar-refractivity contribution is -0.120. The molecular weight excluding hydrogens is 680 g/mol. The Morgan fingerprint density at radius 2 is 1.74 bits per heavy atom. The van der Waals surface area contributed by atoms with Gasteiger partial charge in [-0.05, 0) is 121 Å². The summed E-state index contributed by atoms with van der Waals surface area (Å²) in [5.74, 6) is -0.633. The van der Waals surface area contributed by atoms with Crippen LogP contribution in [0.2, 0.25) is 5.02 Å². The number of hydrogen-bond acceptors (Lipinski definition) is 8. The highest BCUT2D eigenvalue weighted by molar-refractivity contribution is 7.93. The van der Waals surface area contributed by atoms with E-state index in [1.165, 1.54) is 31.4 Å². The molecule has 0 aliphatic carbocycles. The first-order chi connectivity index (χ1) is 23.5. The fourth-order valence-electron chi connectivity index (χ4n) is 7.37. The molecular formula is C37H43ClN4O7S. The number of hydrogen-bond donors (Lipinski definition) is 1. The summed E-state index contributed by atoms with van der Waals surface area (Å²) < 4.78 is 41.2. The second-order valence-corrected chi connectivity index (χ2v) is 16.5. The van der Waals surface area contributed by atoms with Gasteiger partial charge < -0.3 is 24.6 Å². The summed E-state index contributed by atoms with van der Waals surface area (Å²) in [7, 11) is -1.25. The average molecular weight is 723 g/mol. The van der Waals surface area contributed by atoms with Crippen LogP contribution in [-0.2, 0) is 20.2 Å². The first-order valence-corrected chi connectivity index (χ1v) is 18.5. The fourth-order valence-corrected chi connectivity index (χ4v) is 9.33. The van der Waals surface area contributed by atoms with E-state index < -0.39 is 32.8 Å². The Kier molecular flexibility index (Phi) is 9.20. The van der Waals surface area contributed by atoms with Gasteiger partial charge in [0, 0.05) is 46.4 Å². The van der Waals surface area contributed by atoms with Crippen molar-refractivity contribution in [2.45, 2.75) is 62.9 Å². The first kappa shape index (κ1) is 35.7. The van der Waals surface area contributed by atoms with Gasteiger partial charge in [0.1, 0.15) is 21.8 Å². The molecule has 3 amide bonds. The van der Waals surface area contributed by atoms with Crippen LogP contribution in [0.5, 0.6) is 11.5 Å². The number of amides is 3. The monoisotopic (exact) mass is 722 g/mol. The van der Waals surface area contributed by atoms with E-state index in [9.17, 15) is 22.8 Å². The number of rotatable bonds is 8. The Bertz CT molecular complexity index is 2000. The Morgan fingerprint density at radius 1 is 1.02 bits per heavy atom. The molecule has 50 heavy (non-hydrogen) atoms. The SMILES string of the molecule is CCOc1ccc2c(c1)C(C)(c1cc(C(=O)N3CC4CCN(C)C4C3)ccc1Cl)C(=O)N2S(=O)(=O)c1ccc(C(=O)NC(C)(C)C)cc1OC. The van der Waals surface area contributed by atoms with Crippen molar-refractivity contribution in [3.63, 3.8) is 0 Å². The summed E-state index contributed by atoms with van der Waals surface area (Å²) in [5, 5.41) is 3.05. The molecule has 3 unspecified atom stereocenters. The van der Waals surface area contributed by atoms with Crippen molar-refractivity contribution in [1.29, 1.82) is 0 Å². The number of carbonyl (C=O) groups excluding carboxylic acids is 3. The molecule has 3 atom stereocenters. The van der Waals surface area contributed by atoms with Crippen LogP contribution in [0.15, 0.2) is 59.5 Å². The van der Waals surface area contributed by atoms with E-state index in [0.717, 1.165) is 17.3 Å². The van der Waals surface area contributed by atoms with E-state index in [1.807, 2.05) is 32.6 Å². The maximum Gasteiger partial charge on any atom is 0.274 e. The van der Waals surface area contributed by atoms with Crippen molar-refractivity contribution < 1.29 is 32.3 Å². The summed E-state index contributed by atoms with van der Waals surface area (Å²) in [6.07, 6.45) is 1.03. The van der Waals surface area contributed by atoms with Crippen molar-refractivity contribution in [2.24, 2.45) is 5.92 Å². The quantitative estimate of drug-likeness (QED) is 0.341. The van der Waals surface area contributed by atoms with E-state index in [0.29, 0.717) is 54.1 Å². The van der Waals surface area contributed by atoms with Crippen molar-refractivity contribution in [1.82, 2.24) is 15.1 Å². The molecule has 2 fully saturated rings. The van der Waals surface area contributed by atoms with E-state index >= 15 is 0 Å². The number of carbonyl (C=O) groups is 3. The minimum absolute atomic E-state index is 0.105. The maximum absolute atomic E-state index is 14.8. The third kappa shape index (κ3) is 6.01. The number of halogens is 1. The molecule has 0 aromatic heterocycles. The van der Waals surface area contributed by atoms with Crippen LogP contribution >= 0.6 is 11.6 Å². The zero-order chi connectivity index (χ0) is 36.3. The van der Waals surface area contributed by atoms with E-state index in [-0.39, 0.29) is 32.8 Å². The molecule has 3 heterocycles. The molecule has 3 aliphatic heterocycles. The van der Waals surface area contributed by atoms with Crippen molar-refractivity contribution in [3.05, 3.63) is 81.9 Å². The highest BCUT2D eigenvalue weighted by Crippen LogP contribution is 2.51. The topological polar surface area (TPSA) is 126 Å². The van der Waals surface area contributed by atoms with Crippen LogP contribution in [-0.4, -0.2) is 87.9 Å². The zero-order valence-corrected chi connectivity index (χ0v) is 30.9. The van der Waals surface area contributed by atoms with E-state index in [1.54, 1.807) is 37.3 Å². The number of anilines is 1. The largest absolute Gasteiger partial charge is 0.495 e. The minimum atomic E-state index is -4.63. The molecule has 3 aliphatic rings. The van der Waals surface area contributed by atoms with Crippen LogP contribution in [0.1, 0.15) is 72.9 Å². The van der Waals surface area contributed by atoms with Gasteiger partial charge in [-0.3, -0.25) is 14.4 Å². The third-order valence-corrected chi connectivity index (χ3v) is 12.0. The van der Waals surface area contributed by atoms with Gasteiger partial charge in [0.25, 0.3) is 27.7 Å². The Morgan fingerprint density at radius 3 is 2.40 bits per heavy atom. The molecule has 6 rings (SSSR count). The second kappa shape index (κ2) is 12.9. The van der Waals surface area contributed by atoms with Crippen LogP contribution in [0, 0.1) is 5.92 Å². The van der Waals surface area contributed by atoms with Gasteiger partial charge in [0.15, 0.2) is 0 Å². The number of likely N-dealkylation sites (N-methyl/N-ethyl adjacent to an activating group) is 1. The number of likely N-dealkylation sites (tertiary alicyclic amines) is 2. The number of fused-ring (bicyclic) bond motifs is 2. The zero-order valence-electron chi connectivity index (χ0n) is 29.4. The van der Waals surface area contributed by atoms with Gasteiger partial charge in [0.2, 0.25) is 0 Å². The number of sulfonamides is 1. The lowest BCUT2D eigenvalue weighted by Crippen LogP contribution is -2.43. The van der Waals surface area contributed by atoms with Crippen LogP contribution in [0.3, 0.4) is 0 Å². The molecule has 13 heteroatoms. The van der Waals surface area contributed by atoms with Gasteiger partial charge in [-0.1, -0.05) is 11.6 Å².